The van der Waals surface area contributed by atoms with Crippen molar-refractivity contribution in [3.63, 3.8) is 0 Å². The first-order valence-electron chi connectivity index (χ1n) is 10.8. The lowest BCUT2D eigenvalue weighted by molar-refractivity contribution is -0.182. The fourth-order valence-electron chi connectivity index (χ4n) is 3.96. The van der Waals surface area contributed by atoms with Crippen molar-refractivity contribution in [1.29, 1.82) is 0 Å². The number of carbonyl (C=O) groups is 1. The lowest BCUT2D eigenvalue weighted by Gasteiger charge is -2.45. The van der Waals surface area contributed by atoms with Gasteiger partial charge in [0.15, 0.2) is 8.32 Å². The smallest absolute Gasteiger partial charge is 0.305 e. The molecule has 2 heterocycles. The summed E-state index contributed by atoms with van der Waals surface area (Å²) < 4.78 is 24.4. The molecule has 2 aliphatic rings. The average Bonchev–Trinajstić information content (AvgIpc) is 3.01. The first kappa shape index (κ1) is 24.3. The summed E-state index contributed by atoms with van der Waals surface area (Å²) in [4.78, 5) is 15.2. The molecule has 2 aliphatic heterocycles. The second-order valence-electron chi connectivity index (χ2n) is 10.2. The summed E-state index contributed by atoms with van der Waals surface area (Å²) in [7, 11) is -0.522. The molecular weight excluding hydrogens is 386 g/mol. The molecule has 29 heavy (non-hydrogen) atoms. The monoisotopic (exact) mass is 425 g/mol. The van der Waals surface area contributed by atoms with Crippen LogP contribution in [0.4, 0.5) is 0 Å². The summed E-state index contributed by atoms with van der Waals surface area (Å²) in [5.74, 6) is -0.209. The Balaban J connectivity index is 2.14. The minimum atomic E-state index is -1.94. The van der Waals surface area contributed by atoms with Gasteiger partial charge >= 0.3 is 5.97 Å². The van der Waals surface area contributed by atoms with Crippen molar-refractivity contribution in [2.75, 3.05) is 13.7 Å². The maximum absolute atomic E-state index is 11.6. The zero-order valence-corrected chi connectivity index (χ0v) is 20.2. The van der Waals surface area contributed by atoms with E-state index in [4.69, 9.17) is 25.2 Å². The Morgan fingerprint density at radius 2 is 2.00 bits per heavy atom. The van der Waals surface area contributed by atoms with Gasteiger partial charge in [-0.1, -0.05) is 20.8 Å². The summed E-state index contributed by atoms with van der Waals surface area (Å²) in [5.41, 5.74) is -0.485. The van der Waals surface area contributed by atoms with E-state index in [9.17, 15) is 4.79 Å². The third-order valence-electron chi connectivity index (χ3n) is 6.87. The van der Waals surface area contributed by atoms with E-state index in [0.29, 0.717) is 19.4 Å². The second kappa shape index (κ2) is 9.46. The molecule has 0 N–H and O–H groups in total. The Kier molecular flexibility index (Phi) is 7.94. The van der Waals surface area contributed by atoms with E-state index in [1.54, 1.807) is 0 Å². The van der Waals surface area contributed by atoms with Crippen LogP contribution in [0.1, 0.15) is 66.2 Å². The van der Waals surface area contributed by atoms with Gasteiger partial charge in [0, 0.05) is 26.2 Å². The van der Waals surface area contributed by atoms with Gasteiger partial charge in [-0.25, -0.2) is 6.57 Å². The minimum Gasteiger partial charge on any atom is -0.469 e. The molecule has 2 fully saturated rings. The Morgan fingerprint density at radius 3 is 2.59 bits per heavy atom. The number of esters is 1. The molecule has 6 nitrogen and oxygen atoms in total. The van der Waals surface area contributed by atoms with E-state index in [1.165, 1.54) is 7.11 Å². The zero-order valence-electron chi connectivity index (χ0n) is 19.2. The molecule has 0 saturated carbocycles. The maximum atomic E-state index is 11.6. The Labute approximate surface area is 177 Å². The van der Waals surface area contributed by atoms with Crippen molar-refractivity contribution in [1.82, 2.24) is 0 Å². The summed E-state index contributed by atoms with van der Waals surface area (Å²) in [5, 5.41) is 0.121. The van der Waals surface area contributed by atoms with Crippen molar-refractivity contribution in [3.8, 4) is 0 Å². The van der Waals surface area contributed by atoms with Gasteiger partial charge in [-0.2, -0.15) is 0 Å². The molecule has 2 saturated heterocycles. The summed E-state index contributed by atoms with van der Waals surface area (Å²) in [6, 6.07) is -0.0487. The van der Waals surface area contributed by atoms with Gasteiger partial charge in [0.1, 0.15) is 5.60 Å². The molecule has 166 valence electrons. The Hall–Kier alpha value is -0.943. The topological polar surface area (TPSA) is 58.4 Å². The third-order valence-corrected chi connectivity index (χ3v) is 11.4. The van der Waals surface area contributed by atoms with Crippen LogP contribution in [0, 0.1) is 6.57 Å². The van der Waals surface area contributed by atoms with Crippen molar-refractivity contribution in [2.45, 2.75) is 114 Å². The summed E-state index contributed by atoms with van der Waals surface area (Å²) in [6.45, 7) is 21.0. The number of hydrogen-bond donors (Lipinski definition) is 0. The standard InChI is InChI=1S/C22H39NO5Si/c1-16(23-5)13-17-9-11-19-22(28-17,15-26-29(7,8)21(2,3)4)14-18(27-19)10-12-20(24)25-6/h16-19H,9-15H2,1-4,6-8H3/t16-,17-,18+,19+,22-/m1/s1. The summed E-state index contributed by atoms with van der Waals surface area (Å²) >= 11 is 0. The second-order valence-corrected chi connectivity index (χ2v) is 15.0. The summed E-state index contributed by atoms with van der Waals surface area (Å²) in [6.07, 6.45) is 4.27. The van der Waals surface area contributed by atoms with Gasteiger partial charge in [-0.05, 0) is 37.4 Å². The highest BCUT2D eigenvalue weighted by molar-refractivity contribution is 6.74. The number of rotatable bonds is 8. The van der Waals surface area contributed by atoms with Crippen molar-refractivity contribution < 1.29 is 23.4 Å². The van der Waals surface area contributed by atoms with Crippen molar-refractivity contribution >= 4 is 14.3 Å². The van der Waals surface area contributed by atoms with Crippen LogP contribution in [-0.2, 0) is 23.4 Å². The van der Waals surface area contributed by atoms with Crippen LogP contribution < -0.4 is 0 Å². The molecule has 0 aromatic carbocycles. The molecule has 2 rings (SSSR count). The molecule has 0 radical (unpaired) electrons. The number of fused-ring (bicyclic) bond motifs is 1. The van der Waals surface area contributed by atoms with E-state index >= 15 is 0 Å². The van der Waals surface area contributed by atoms with Gasteiger partial charge in [0.2, 0.25) is 6.04 Å². The SMILES string of the molecule is [C-]#[N+][C@H](C)C[C@H]1CC[C@@H]2O[C@@H](CCC(=O)OC)C[C@]2(CO[Si](C)(C)C(C)(C)C)O1. The van der Waals surface area contributed by atoms with E-state index in [0.717, 1.165) is 25.7 Å². The molecule has 5 atom stereocenters. The van der Waals surface area contributed by atoms with Gasteiger partial charge in [-0.3, -0.25) is 4.79 Å². The van der Waals surface area contributed by atoms with Crippen LogP contribution in [-0.4, -0.2) is 58.0 Å². The Bertz CT molecular complexity index is 611. The third kappa shape index (κ3) is 6.03. The number of methoxy groups -OCH3 is 1. The normalized spacial score (nSPS) is 31.0. The average molecular weight is 426 g/mol. The van der Waals surface area contributed by atoms with E-state index in [-0.39, 0.29) is 35.4 Å². The predicted octanol–water partition coefficient (Wildman–Crippen LogP) is 4.73. The highest BCUT2D eigenvalue weighted by Gasteiger charge is 2.54. The van der Waals surface area contributed by atoms with Crippen LogP contribution in [0.2, 0.25) is 18.1 Å². The van der Waals surface area contributed by atoms with Crippen LogP contribution in [0.25, 0.3) is 4.85 Å². The van der Waals surface area contributed by atoms with E-state index < -0.39 is 13.9 Å². The van der Waals surface area contributed by atoms with Gasteiger partial charge in [0.25, 0.3) is 0 Å². The number of carbonyl (C=O) groups excluding carboxylic acids is 1. The lowest BCUT2D eigenvalue weighted by Crippen LogP contribution is -2.55. The molecule has 0 aromatic heterocycles. The van der Waals surface area contributed by atoms with Crippen molar-refractivity contribution in [2.24, 2.45) is 0 Å². The minimum absolute atomic E-state index is 0.0191. The van der Waals surface area contributed by atoms with Crippen LogP contribution in [0.3, 0.4) is 0 Å². The van der Waals surface area contributed by atoms with E-state index in [2.05, 4.69) is 38.7 Å². The molecule has 0 amide bonds. The first-order valence-corrected chi connectivity index (χ1v) is 13.7. The fraction of sp³-hybridized carbons (Fsp3) is 0.909. The molecular formula is C22H39NO5Si. The number of nitrogens with zero attached hydrogens (tertiary/aromatic N) is 1. The zero-order chi connectivity index (χ0) is 21.9. The molecule has 7 heteroatoms. The van der Waals surface area contributed by atoms with E-state index in [1.807, 2.05) is 6.92 Å². The van der Waals surface area contributed by atoms with Crippen LogP contribution in [0.5, 0.6) is 0 Å². The number of ether oxygens (including phenoxy) is 3. The first-order chi connectivity index (χ1) is 13.4. The molecule has 0 aromatic rings. The molecule has 0 unspecified atom stereocenters. The highest BCUT2D eigenvalue weighted by atomic mass is 28.4. The predicted molar refractivity (Wildman–Crippen MR) is 115 cm³/mol. The van der Waals surface area contributed by atoms with Gasteiger partial charge in [-0.15, -0.1) is 0 Å². The quantitative estimate of drug-likeness (QED) is 0.319. The van der Waals surface area contributed by atoms with Gasteiger partial charge < -0.3 is 23.5 Å². The van der Waals surface area contributed by atoms with Crippen molar-refractivity contribution in [3.05, 3.63) is 11.4 Å². The van der Waals surface area contributed by atoms with Gasteiger partial charge in [0.05, 0.1) is 32.0 Å². The van der Waals surface area contributed by atoms with Crippen LogP contribution in [0.15, 0.2) is 0 Å². The maximum Gasteiger partial charge on any atom is 0.305 e. The van der Waals surface area contributed by atoms with Crippen LogP contribution >= 0.6 is 0 Å². The fourth-order valence-corrected chi connectivity index (χ4v) is 5.00. The molecule has 0 spiro atoms. The highest BCUT2D eigenvalue weighted by Crippen LogP contribution is 2.45. The molecule has 0 aliphatic carbocycles. The molecule has 0 bridgehead atoms. The lowest BCUT2D eigenvalue weighted by atomic mass is 9.85. The number of hydrogen-bond acceptors (Lipinski definition) is 5. The largest absolute Gasteiger partial charge is 0.469 e. The Morgan fingerprint density at radius 1 is 1.31 bits per heavy atom.